The topological polar surface area (TPSA) is 93.5 Å². The molecule has 4 aliphatic rings. The SMILES string of the molecule is CC[C@H]1CN(C2NC=C(c3ncc[nH]3)C=C2Cl)CCN1C1CCN(CC2CCC(C)CC2C(N)=O)CC1. The maximum absolute atomic E-state index is 12.1. The first-order valence-corrected chi connectivity index (χ1v) is 14.6. The highest BCUT2D eigenvalue weighted by Crippen LogP contribution is 2.35. The van der Waals surface area contributed by atoms with Crippen molar-refractivity contribution in [3.63, 3.8) is 0 Å². The molecule has 5 atom stereocenters. The van der Waals surface area contributed by atoms with Gasteiger partial charge in [0.15, 0.2) is 0 Å². The molecule has 8 nitrogen and oxygen atoms in total. The van der Waals surface area contributed by atoms with E-state index < -0.39 is 0 Å². The normalized spacial score (nSPS) is 33.0. The number of piperidine rings is 1. The van der Waals surface area contributed by atoms with Crippen LogP contribution in [0.2, 0.25) is 0 Å². The summed E-state index contributed by atoms with van der Waals surface area (Å²) in [5.74, 6) is 1.84. The lowest BCUT2D eigenvalue weighted by atomic mass is 9.74. The van der Waals surface area contributed by atoms with E-state index in [1.54, 1.807) is 6.20 Å². The number of hydrogen-bond donors (Lipinski definition) is 3. The average Bonchev–Trinajstić information content (AvgIpc) is 3.45. The summed E-state index contributed by atoms with van der Waals surface area (Å²) in [6, 6.07) is 1.17. The third kappa shape index (κ3) is 6.08. The lowest BCUT2D eigenvalue weighted by Crippen LogP contribution is -2.61. The highest BCUT2D eigenvalue weighted by atomic mass is 35.5. The van der Waals surface area contributed by atoms with Crippen molar-refractivity contribution in [2.24, 2.45) is 23.5 Å². The number of piperazine rings is 1. The molecule has 2 saturated heterocycles. The van der Waals surface area contributed by atoms with Crippen LogP contribution in [-0.4, -0.2) is 88.1 Å². The minimum atomic E-state index is -0.0924. The van der Waals surface area contributed by atoms with Crippen molar-refractivity contribution < 1.29 is 4.79 Å². The molecule has 3 fully saturated rings. The van der Waals surface area contributed by atoms with Gasteiger partial charge in [-0.1, -0.05) is 31.9 Å². The maximum Gasteiger partial charge on any atom is 0.220 e. The lowest BCUT2D eigenvalue weighted by molar-refractivity contribution is -0.125. The minimum absolute atomic E-state index is 0.0230. The van der Waals surface area contributed by atoms with Gasteiger partial charge in [0, 0.05) is 68.3 Å². The second kappa shape index (κ2) is 11.9. The van der Waals surface area contributed by atoms with Crippen LogP contribution in [0, 0.1) is 17.8 Å². The van der Waals surface area contributed by atoms with Crippen molar-refractivity contribution in [2.75, 3.05) is 39.3 Å². The van der Waals surface area contributed by atoms with E-state index in [1.807, 2.05) is 18.5 Å². The number of H-pyrrole nitrogens is 1. The van der Waals surface area contributed by atoms with Crippen LogP contribution < -0.4 is 11.1 Å². The monoisotopic (exact) mass is 529 g/mol. The Kier molecular flexibility index (Phi) is 8.59. The van der Waals surface area contributed by atoms with E-state index in [9.17, 15) is 4.79 Å². The summed E-state index contributed by atoms with van der Waals surface area (Å²) in [5.41, 5.74) is 6.77. The Morgan fingerprint density at radius 3 is 2.68 bits per heavy atom. The van der Waals surface area contributed by atoms with Gasteiger partial charge in [0.1, 0.15) is 12.0 Å². The van der Waals surface area contributed by atoms with Crippen LogP contribution in [0.5, 0.6) is 0 Å². The summed E-state index contributed by atoms with van der Waals surface area (Å²) in [4.78, 5) is 27.4. The molecule has 0 radical (unpaired) electrons. The first-order chi connectivity index (χ1) is 17.9. The van der Waals surface area contributed by atoms with Crippen LogP contribution in [-0.2, 0) is 4.79 Å². The Bertz CT molecular complexity index is 971. The van der Waals surface area contributed by atoms with Crippen molar-refractivity contribution in [3.8, 4) is 0 Å². The molecule has 0 aromatic carbocycles. The number of imidazole rings is 1. The molecule has 1 saturated carbocycles. The molecule has 204 valence electrons. The van der Waals surface area contributed by atoms with Gasteiger partial charge in [0.2, 0.25) is 5.91 Å². The van der Waals surface area contributed by atoms with Crippen LogP contribution in [0.15, 0.2) is 29.7 Å². The van der Waals surface area contributed by atoms with Crippen LogP contribution in [0.4, 0.5) is 0 Å². The molecule has 1 amide bonds. The van der Waals surface area contributed by atoms with E-state index in [-0.39, 0.29) is 18.0 Å². The number of nitrogens with two attached hydrogens (primary N) is 1. The second-order valence-electron chi connectivity index (χ2n) is 11.6. The summed E-state index contributed by atoms with van der Waals surface area (Å²) in [6.07, 6.45) is 14.5. The maximum atomic E-state index is 12.1. The molecule has 4 heterocycles. The summed E-state index contributed by atoms with van der Waals surface area (Å²) >= 11 is 6.76. The van der Waals surface area contributed by atoms with Gasteiger partial charge in [-0.15, -0.1) is 0 Å². The predicted octanol–water partition coefficient (Wildman–Crippen LogP) is 3.20. The zero-order valence-electron chi connectivity index (χ0n) is 22.4. The number of hydrogen-bond acceptors (Lipinski definition) is 6. The number of dihydropyridines is 1. The van der Waals surface area contributed by atoms with Crippen LogP contribution in [0.3, 0.4) is 0 Å². The van der Waals surface area contributed by atoms with Crippen LogP contribution in [0.1, 0.15) is 58.2 Å². The molecular weight excluding hydrogens is 486 g/mol. The fraction of sp³-hybridized carbons (Fsp3) is 0.714. The number of allylic oxidation sites excluding steroid dienone is 2. The Balaban J connectivity index is 1.12. The Hall–Kier alpha value is -1.87. The summed E-state index contributed by atoms with van der Waals surface area (Å²) < 4.78 is 0. The number of halogens is 1. The number of nitrogens with zero attached hydrogens (tertiary/aromatic N) is 4. The third-order valence-electron chi connectivity index (χ3n) is 9.26. The van der Waals surface area contributed by atoms with E-state index in [4.69, 9.17) is 17.3 Å². The van der Waals surface area contributed by atoms with Crippen molar-refractivity contribution in [1.82, 2.24) is 30.0 Å². The predicted molar refractivity (Wildman–Crippen MR) is 148 cm³/mol. The molecule has 1 aromatic heterocycles. The highest BCUT2D eigenvalue weighted by molar-refractivity contribution is 6.31. The van der Waals surface area contributed by atoms with E-state index >= 15 is 0 Å². The Morgan fingerprint density at radius 1 is 1.19 bits per heavy atom. The van der Waals surface area contributed by atoms with Gasteiger partial charge in [-0.25, -0.2) is 4.98 Å². The van der Waals surface area contributed by atoms with Gasteiger partial charge >= 0.3 is 0 Å². The van der Waals surface area contributed by atoms with Crippen molar-refractivity contribution in [2.45, 2.75) is 70.6 Å². The van der Waals surface area contributed by atoms with Crippen LogP contribution in [0.25, 0.3) is 5.57 Å². The van der Waals surface area contributed by atoms with Gasteiger partial charge in [0.25, 0.3) is 0 Å². The molecule has 3 aliphatic heterocycles. The summed E-state index contributed by atoms with van der Waals surface area (Å²) in [5, 5.41) is 4.34. The zero-order chi connectivity index (χ0) is 25.9. The average molecular weight is 530 g/mol. The van der Waals surface area contributed by atoms with Gasteiger partial charge in [-0.3, -0.25) is 14.6 Å². The molecule has 4 unspecified atom stereocenters. The fourth-order valence-electron chi connectivity index (χ4n) is 7.11. The van der Waals surface area contributed by atoms with E-state index in [0.29, 0.717) is 23.9 Å². The van der Waals surface area contributed by atoms with E-state index in [2.05, 4.69) is 43.8 Å². The number of rotatable bonds is 7. The van der Waals surface area contributed by atoms with Gasteiger partial charge in [-0.05, 0) is 63.1 Å². The number of likely N-dealkylation sites (tertiary alicyclic amines) is 1. The summed E-state index contributed by atoms with van der Waals surface area (Å²) in [7, 11) is 0. The molecule has 1 aliphatic carbocycles. The van der Waals surface area contributed by atoms with Crippen molar-refractivity contribution in [1.29, 1.82) is 0 Å². The van der Waals surface area contributed by atoms with Gasteiger partial charge in [0.05, 0.1) is 5.03 Å². The fourth-order valence-corrected chi connectivity index (χ4v) is 7.42. The first kappa shape index (κ1) is 26.7. The molecule has 4 N–H and O–H groups in total. The molecule has 0 spiro atoms. The van der Waals surface area contributed by atoms with Crippen LogP contribution >= 0.6 is 11.6 Å². The molecule has 9 heteroatoms. The molecule has 5 rings (SSSR count). The van der Waals surface area contributed by atoms with E-state index in [1.165, 1.54) is 19.3 Å². The summed E-state index contributed by atoms with van der Waals surface area (Å²) in [6.45, 7) is 10.9. The second-order valence-corrected chi connectivity index (χ2v) is 12.1. The number of carbonyl (C=O) groups excluding carboxylic acids is 1. The number of aromatic amines is 1. The lowest BCUT2D eigenvalue weighted by Gasteiger charge is -2.49. The number of primary amides is 1. The quantitative estimate of drug-likeness (QED) is 0.502. The number of aromatic nitrogens is 2. The van der Waals surface area contributed by atoms with Gasteiger partial charge in [-0.2, -0.15) is 0 Å². The standard InChI is InChI=1S/C28H44ClN7O/c1-3-22-18-35(28-25(29)15-21(16-33-28)27-31-8-9-32-27)12-13-36(22)23-6-10-34(11-7-23)17-20-5-4-19(2)14-24(20)26(30)37/h8-9,15-16,19-20,22-24,28,33H,3-7,10-14,17-18H2,1-2H3,(H2,30,37)(H,31,32)/t19?,20?,22-,24?,28?/m0/s1. The Morgan fingerprint density at radius 2 is 2.00 bits per heavy atom. The molecule has 1 aromatic rings. The van der Waals surface area contributed by atoms with Crippen molar-refractivity contribution in [3.05, 3.63) is 35.5 Å². The molecule has 0 bridgehead atoms. The largest absolute Gasteiger partial charge is 0.370 e. The first-order valence-electron chi connectivity index (χ1n) is 14.3. The highest BCUT2D eigenvalue weighted by Gasteiger charge is 2.38. The van der Waals surface area contributed by atoms with Crippen molar-refractivity contribution >= 4 is 23.1 Å². The molecular formula is C28H44ClN7O. The third-order valence-corrected chi connectivity index (χ3v) is 9.57. The zero-order valence-corrected chi connectivity index (χ0v) is 23.2. The minimum Gasteiger partial charge on any atom is -0.370 e. The number of amides is 1. The Labute approximate surface area is 226 Å². The number of carbonyl (C=O) groups is 1. The molecule has 37 heavy (non-hydrogen) atoms. The van der Waals surface area contributed by atoms with E-state index in [0.717, 1.165) is 75.0 Å². The van der Waals surface area contributed by atoms with Gasteiger partial charge < -0.3 is 20.9 Å². The number of nitrogens with one attached hydrogen (secondary N) is 2. The smallest absolute Gasteiger partial charge is 0.220 e.